The fraction of sp³-hybridized carbons (Fsp3) is 0.200. The minimum atomic E-state index is -4.04. The van der Waals surface area contributed by atoms with Gasteiger partial charge < -0.3 is 0 Å². The lowest BCUT2D eigenvalue weighted by Gasteiger charge is -2.21. The highest BCUT2D eigenvalue weighted by Gasteiger charge is 2.27. The number of sulfonamides is 1. The summed E-state index contributed by atoms with van der Waals surface area (Å²) in [4.78, 5) is 12.5. The van der Waals surface area contributed by atoms with E-state index >= 15 is 0 Å². The third kappa shape index (κ3) is 6.96. The molecule has 0 aliphatic carbocycles. The molecule has 3 aromatic rings. The van der Waals surface area contributed by atoms with Gasteiger partial charge in [-0.05, 0) is 59.0 Å². The number of rotatable bonds is 9. The molecule has 178 valence electrons. The summed E-state index contributed by atoms with van der Waals surface area (Å²) in [6, 6.07) is 18.8. The number of nitrogens with zero attached hydrogens (tertiary/aromatic N) is 2. The predicted octanol–water partition coefficient (Wildman–Crippen LogP) is 4.94. The number of hydrogen-bond acceptors (Lipinski definition) is 4. The second-order valence-corrected chi connectivity index (χ2v) is 10.3. The molecule has 0 saturated heterocycles. The van der Waals surface area contributed by atoms with Gasteiger partial charge in [0.1, 0.15) is 5.82 Å². The Hall–Kier alpha value is -3.07. The molecule has 3 aromatic carbocycles. The van der Waals surface area contributed by atoms with E-state index in [1.165, 1.54) is 60.3 Å². The quantitative estimate of drug-likeness (QED) is 0.333. The van der Waals surface area contributed by atoms with Crippen molar-refractivity contribution in [1.29, 1.82) is 0 Å². The van der Waals surface area contributed by atoms with Gasteiger partial charge in [-0.15, -0.1) is 0 Å². The van der Waals surface area contributed by atoms with E-state index in [2.05, 4.69) is 24.4 Å². The number of hydrazone groups is 1. The van der Waals surface area contributed by atoms with Crippen molar-refractivity contribution in [3.63, 3.8) is 0 Å². The molecule has 0 fully saturated rings. The molecular formula is C25H25ClFN3O3S. The Morgan fingerprint density at radius 2 is 1.65 bits per heavy atom. The summed E-state index contributed by atoms with van der Waals surface area (Å²) >= 11 is 5.88. The Kier molecular flexibility index (Phi) is 8.55. The second-order valence-electron chi connectivity index (χ2n) is 7.97. The van der Waals surface area contributed by atoms with Crippen molar-refractivity contribution < 1.29 is 17.6 Å². The van der Waals surface area contributed by atoms with Crippen LogP contribution in [0, 0.1) is 5.82 Å². The molecule has 0 bridgehead atoms. The maximum absolute atomic E-state index is 13.3. The zero-order valence-electron chi connectivity index (χ0n) is 18.8. The molecule has 34 heavy (non-hydrogen) atoms. The minimum absolute atomic E-state index is 0.0134. The van der Waals surface area contributed by atoms with Crippen LogP contribution in [0.4, 0.5) is 4.39 Å². The number of carbonyl (C=O) groups excluding carboxylic acids is 1. The Balaban J connectivity index is 1.75. The number of hydrogen-bond donors (Lipinski definition) is 1. The smallest absolute Gasteiger partial charge is 0.255 e. The van der Waals surface area contributed by atoms with Crippen molar-refractivity contribution in [3.05, 3.63) is 100 Å². The van der Waals surface area contributed by atoms with Gasteiger partial charge in [0, 0.05) is 11.6 Å². The molecule has 0 saturated carbocycles. The zero-order valence-corrected chi connectivity index (χ0v) is 20.4. The van der Waals surface area contributed by atoms with Crippen molar-refractivity contribution >= 4 is 33.7 Å². The summed E-state index contributed by atoms with van der Waals surface area (Å²) < 4.78 is 40.7. The lowest BCUT2D eigenvalue weighted by atomic mass is 10.0. The van der Waals surface area contributed by atoms with Gasteiger partial charge in [-0.25, -0.2) is 18.2 Å². The van der Waals surface area contributed by atoms with Gasteiger partial charge in [-0.2, -0.15) is 9.41 Å². The summed E-state index contributed by atoms with van der Waals surface area (Å²) in [6.45, 7) is 3.59. The average molecular weight is 502 g/mol. The molecule has 0 spiro atoms. The van der Waals surface area contributed by atoms with Crippen LogP contribution in [0.25, 0.3) is 0 Å². The highest BCUT2D eigenvalue weighted by Crippen LogP contribution is 2.21. The van der Waals surface area contributed by atoms with Gasteiger partial charge >= 0.3 is 0 Å². The molecule has 0 radical (unpaired) electrons. The summed E-state index contributed by atoms with van der Waals surface area (Å²) in [7, 11) is -4.04. The summed E-state index contributed by atoms with van der Waals surface area (Å²) in [5.74, 6) is -0.653. The Morgan fingerprint density at radius 3 is 2.24 bits per heavy atom. The first-order valence-corrected chi connectivity index (χ1v) is 12.4. The van der Waals surface area contributed by atoms with Crippen LogP contribution in [0.3, 0.4) is 0 Å². The van der Waals surface area contributed by atoms with E-state index in [0.29, 0.717) is 16.5 Å². The van der Waals surface area contributed by atoms with Crippen LogP contribution >= 0.6 is 11.6 Å². The predicted molar refractivity (Wildman–Crippen MR) is 132 cm³/mol. The normalized spacial score (nSPS) is 11.9. The van der Waals surface area contributed by atoms with Crippen molar-refractivity contribution in [2.24, 2.45) is 5.10 Å². The van der Waals surface area contributed by atoms with E-state index in [-0.39, 0.29) is 11.4 Å². The SMILES string of the molecule is CC(C)c1ccc(/C=N\NC(=O)CN(Cc2ccc(F)cc2)S(=O)(=O)c2ccc(Cl)cc2)cc1. The molecule has 0 aliphatic rings. The molecular weight excluding hydrogens is 477 g/mol. The monoisotopic (exact) mass is 501 g/mol. The first-order chi connectivity index (χ1) is 16.1. The third-order valence-corrected chi connectivity index (χ3v) is 7.11. The highest BCUT2D eigenvalue weighted by atomic mass is 35.5. The molecule has 0 atom stereocenters. The van der Waals surface area contributed by atoms with Crippen LogP contribution < -0.4 is 5.43 Å². The fourth-order valence-corrected chi connectivity index (χ4v) is 4.63. The number of benzene rings is 3. The average Bonchev–Trinajstić information content (AvgIpc) is 2.80. The van der Waals surface area contributed by atoms with Crippen LogP contribution in [0.1, 0.15) is 36.5 Å². The first-order valence-electron chi connectivity index (χ1n) is 10.6. The maximum Gasteiger partial charge on any atom is 0.255 e. The molecule has 9 heteroatoms. The summed E-state index contributed by atoms with van der Waals surface area (Å²) in [6.07, 6.45) is 1.49. The van der Waals surface area contributed by atoms with Crippen LogP contribution in [-0.4, -0.2) is 31.4 Å². The largest absolute Gasteiger partial charge is 0.272 e. The molecule has 6 nitrogen and oxygen atoms in total. The van der Waals surface area contributed by atoms with Gasteiger partial charge in [-0.1, -0.05) is 61.8 Å². The van der Waals surface area contributed by atoms with Gasteiger partial charge in [0.2, 0.25) is 10.0 Å². The van der Waals surface area contributed by atoms with E-state index < -0.39 is 28.3 Å². The second kappa shape index (κ2) is 11.4. The van der Waals surface area contributed by atoms with Gasteiger partial charge in [0.15, 0.2) is 0 Å². The fourth-order valence-electron chi connectivity index (χ4n) is 3.12. The lowest BCUT2D eigenvalue weighted by Crippen LogP contribution is -2.39. The highest BCUT2D eigenvalue weighted by molar-refractivity contribution is 7.89. The van der Waals surface area contributed by atoms with E-state index in [1.807, 2.05) is 24.3 Å². The summed E-state index contributed by atoms with van der Waals surface area (Å²) in [5.41, 5.74) is 4.88. The minimum Gasteiger partial charge on any atom is -0.272 e. The van der Waals surface area contributed by atoms with E-state index in [9.17, 15) is 17.6 Å². The lowest BCUT2D eigenvalue weighted by molar-refractivity contribution is -0.121. The maximum atomic E-state index is 13.3. The third-order valence-electron chi connectivity index (χ3n) is 5.05. The van der Waals surface area contributed by atoms with Crippen molar-refractivity contribution in [2.45, 2.75) is 31.2 Å². The van der Waals surface area contributed by atoms with E-state index in [4.69, 9.17) is 11.6 Å². The van der Waals surface area contributed by atoms with Crippen LogP contribution in [0.2, 0.25) is 5.02 Å². The van der Waals surface area contributed by atoms with Crippen LogP contribution in [-0.2, 0) is 21.4 Å². The van der Waals surface area contributed by atoms with Crippen molar-refractivity contribution in [1.82, 2.24) is 9.73 Å². The Labute approximate surface area is 204 Å². The molecule has 1 amide bonds. The van der Waals surface area contributed by atoms with Crippen molar-refractivity contribution in [3.8, 4) is 0 Å². The van der Waals surface area contributed by atoms with Crippen LogP contribution in [0.15, 0.2) is 82.8 Å². The Bertz CT molecular complexity index is 1240. The summed E-state index contributed by atoms with van der Waals surface area (Å²) in [5, 5.41) is 4.33. The van der Waals surface area contributed by atoms with E-state index in [0.717, 1.165) is 9.87 Å². The Morgan fingerprint density at radius 1 is 1.03 bits per heavy atom. The van der Waals surface area contributed by atoms with Gasteiger partial charge in [0.05, 0.1) is 17.7 Å². The first kappa shape index (κ1) is 25.6. The molecule has 3 rings (SSSR count). The standard InChI is InChI=1S/C25H25ClFN3O3S/c1-18(2)21-7-3-19(4-8-21)15-28-29-25(31)17-30(16-20-5-11-23(27)12-6-20)34(32,33)24-13-9-22(26)10-14-24/h3-15,18H,16-17H2,1-2H3,(H,29,31)/b28-15-. The number of nitrogens with one attached hydrogen (secondary N) is 1. The van der Waals surface area contributed by atoms with Crippen LogP contribution in [0.5, 0.6) is 0 Å². The topological polar surface area (TPSA) is 78.8 Å². The molecule has 0 unspecified atom stereocenters. The molecule has 0 aliphatic heterocycles. The van der Waals surface area contributed by atoms with Gasteiger partial charge in [0.25, 0.3) is 5.91 Å². The van der Waals surface area contributed by atoms with E-state index in [1.54, 1.807) is 0 Å². The number of carbonyl (C=O) groups is 1. The molecule has 1 N–H and O–H groups in total. The number of halogens is 2. The molecule has 0 heterocycles. The van der Waals surface area contributed by atoms with Gasteiger partial charge in [-0.3, -0.25) is 4.79 Å². The molecule has 0 aromatic heterocycles. The van der Waals surface area contributed by atoms with Crippen molar-refractivity contribution in [2.75, 3.05) is 6.54 Å². The zero-order chi connectivity index (χ0) is 24.7. The number of amides is 1.